The Hall–Kier alpha value is -1.25. The number of rotatable bonds is 2. The van der Waals surface area contributed by atoms with Crippen LogP contribution in [0.15, 0.2) is 16.9 Å². The van der Waals surface area contributed by atoms with Gasteiger partial charge in [-0.1, -0.05) is 0 Å². The van der Waals surface area contributed by atoms with Crippen molar-refractivity contribution >= 4 is 6.29 Å². The van der Waals surface area contributed by atoms with Gasteiger partial charge in [0.25, 0.3) is 0 Å². The van der Waals surface area contributed by atoms with Crippen molar-refractivity contribution in [3.05, 3.63) is 18.1 Å². The zero-order valence-corrected chi connectivity index (χ0v) is 4.96. The molecule has 0 unspecified atom stereocenters. The molecule has 0 fully saturated rings. The molecule has 0 amide bonds. The van der Waals surface area contributed by atoms with Crippen LogP contribution < -0.4 is 4.74 Å². The molecule has 0 spiro atoms. The Bertz CT molecular complexity index is 202. The second-order valence-corrected chi connectivity index (χ2v) is 1.51. The number of aldehydes is 1. The monoisotopic (exact) mass is 126 g/mol. The second kappa shape index (κ2) is 2.35. The van der Waals surface area contributed by atoms with Crippen molar-refractivity contribution in [1.82, 2.24) is 0 Å². The molecule has 0 radical (unpaired) electrons. The number of methoxy groups -OCH3 is 1. The van der Waals surface area contributed by atoms with E-state index in [4.69, 9.17) is 4.74 Å². The predicted molar refractivity (Wildman–Crippen MR) is 30.6 cm³/mol. The van der Waals surface area contributed by atoms with Gasteiger partial charge in [0.2, 0.25) is 0 Å². The van der Waals surface area contributed by atoms with Crippen LogP contribution >= 0.6 is 0 Å². The predicted octanol–water partition coefficient (Wildman–Crippen LogP) is 1.10. The molecule has 1 rings (SSSR count). The maximum Gasteiger partial charge on any atom is 0.167 e. The molecule has 3 heteroatoms. The van der Waals surface area contributed by atoms with Crippen LogP contribution in [0.2, 0.25) is 0 Å². The first-order valence-electron chi connectivity index (χ1n) is 2.44. The summed E-state index contributed by atoms with van der Waals surface area (Å²) in [7, 11) is 1.48. The summed E-state index contributed by atoms with van der Waals surface area (Å²) in [4.78, 5) is 10.1. The molecule has 0 aliphatic carbocycles. The van der Waals surface area contributed by atoms with Gasteiger partial charge in [-0.15, -0.1) is 0 Å². The number of hydrogen-bond acceptors (Lipinski definition) is 3. The van der Waals surface area contributed by atoms with Crippen molar-refractivity contribution in [2.45, 2.75) is 0 Å². The van der Waals surface area contributed by atoms with Gasteiger partial charge in [0.1, 0.15) is 12.5 Å². The van der Waals surface area contributed by atoms with Gasteiger partial charge in [0.05, 0.1) is 12.7 Å². The zero-order valence-electron chi connectivity index (χ0n) is 4.96. The fourth-order valence-electron chi connectivity index (χ4n) is 0.547. The van der Waals surface area contributed by atoms with Crippen molar-refractivity contribution in [1.29, 1.82) is 0 Å². The maximum absolute atomic E-state index is 10.1. The molecule has 0 saturated carbocycles. The van der Waals surface area contributed by atoms with E-state index in [9.17, 15) is 4.79 Å². The Morgan fingerprint density at radius 1 is 1.67 bits per heavy atom. The van der Waals surface area contributed by atoms with Crippen molar-refractivity contribution in [2.75, 3.05) is 7.11 Å². The third-order valence-electron chi connectivity index (χ3n) is 1.00. The van der Waals surface area contributed by atoms with Gasteiger partial charge in [0.15, 0.2) is 12.0 Å². The fourth-order valence-corrected chi connectivity index (χ4v) is 0.547. The average molecular weight is 126 g/mol. The molecule has 3 nitrogen and oxygen atoms in total. The van der Waals surface area contributed by atoms with Gasteiger partial charge < -0.3 is 9.15 Å². The topological polar surface area (TPSA) is 39.4 Å². The van der Waals surface area contributed by atoms with E-state index in [1.807, 2.05) is 0 Å². The minimum Gasteiger partial charge on any atom is -0.493 e. The SMILES string of the molecule is COc1cocc1C=O. The lowest BCUT2D eigenvalue weighted by molar-refractivity contribution is 0.112. The van der Waals surface area contributed by atoms with Crippen LogP contribution in [0.4, 0.5) is 0 Å². The number of hydrogen-bond donors (Lipinski definition) is 0. The van der Waals surface area contributed by atoms with E-state index in [0.717, 1.165) is 0 Å². The van der Waals surface area contributed by atoms with Crippen LogP contribution in [0.25, 0.3) is 0 Å². The van der Waals surface area contributed by atoms with Gasteiger partial charge in [-0.25, -0.2) is 0 Å². The quantitative estimate of drug-likeness (QED) is 0.557. The lowest BCUT2D eigenvalue weighted by Crippen LogP contribution is -1.83. The molecule has 1 aromatic rings. The Balaban J connectivity index is 2.98. The molecule has 1 aromatic heterocycles. The van der Waals surface area contributed by atoms with Gasteiger partial charge in [-0.2, -0.15) is 0 Å². The number of carbonyl (C=O) groups is 1. The molecular weight excluding hydrogens is 120 g/mol. The van der Waals surface area contributed by atoms with Crippen molar-refractivity contribution in [3.63, 3.8) is 0 Å². The lowest BCUT2D eigenvalue weighted by atomic mass is 10.3. The Morgan fingerprint density at radius 3 is 2.89 bits per heavy atom. The average Bonchev–Trinajstić information content (AvgIpc) is 2.33. The highest BCUT2D eigenvalue weighted by atomic mass is 16.5. The van der Waals surface area contributed by atoms with Gasteiger partial charge in [-0.3, -0.25) is 4.79 Å². The molecule has 0 aliphatic rings. The molecule has 48 valence electrons. The molecule has 0 bridgehead atoms. The van der Waals surface area contributed by atoms with E-state index in [2.05, 4.69) is 4.42 Å². The standard InChI is InChI=1S/C6H6O3/c1-8-6-4-9-3-5(6)2-7/h2-4H,1H3. The molecule has 0 aromatic carbocycles. The van der Waals surface area contributed by atoms with Crippen LogP contribution in [0.5, 0.6) is 5.75 Å². The largest absolute Gasteiger partial charge is 0.493 e. The first-order chi connectivity index (χ1) is 4.38. The molecule has 0 saturated heterocycles. The highest BCUT2D eigenvalue weighted by molar-refractivity contribution is 5.78. The first-order valence-corrected chi connectivity index (χ1v) is 2.44. The third-order valence-corrected chi connectivity index (χ3v) is 1.00. The molecular formula is C6H6O3. The highest BCUT2D eigenvalue weighted by Gasteiger charge is 2.01. The summed E-state index contributed by atoms with van der Waals surface area (Å²) < 4.78 is 9.42. The summed E-state index contributed by atoms with van der Waals surface area (Å²) in [6, 6.07) is 0. The van der Waals surface area contributed by atoms with Crippen LogP contribution in [-0.2, 0) is 0 Å². The summed E-state index contributed by atoms with van der Waals surface area (Å²) >= 11 is 0. The summed E-state index contributed by atoms with van der Waals surface area (Å²) in [6.45, 7) is 0. The molecule has 0 N–H and O–H groups in total. The first kappa shape index (κ1) is 5.88. The summed E-state index contributed by atoms with van der Waals surface area (Å²) in [5.41, 5.74) is 0.442. The van der Waals surface area contributed by atoms with Gasteiger partial charge >= 0.3 is 0 Å². The second-order valence-electron chi connectivity index (χ2n) is 1.51. The number of carbonyl (C=O) groups excluding carboxylic acids is 1. The lowest BCUT2D eigenvalue weighted by Gasteiger charge is -1.90. The van der Waals surface area contributed by atoms with E-state index in [1.165, 1.54) is 19.6 Å². The molecule has 0 aliphatic heterocycles. The zero-order chi connectivity index (χ0) is 6.69. The van der Waals surface area contributed by atoms with E-state index >= 15 is 0 Å². The molecule has 1 heterocycles. The van der Waals surface area contributed by atoms with Crippen LogP contribution in [0.1, 0.15) is 10.4 Å². The maximum atomic E-state index is 10.1. The van der Waals surface area contributed by atoms with Crippen LogP contribution in [0.3, 0.4) is 0 Å². The third kappa shape index (κ3) is 0.937. The van der Waals surface area contributed by atoms with Crippen molar-refractivity contribution < 1.29 is 13.9 Å². The summed E-state index contributed by atoms with van der Waals surface area (Å²) in [5.74, 6) is 0.477. The Kier molecular flexibility index (Phi) is 1.53. The van der Waals surface area contributed by atoms with E-state index < -0.39 is 0 Å². The smallest absolute Gasteiger partial charge is 0.167 e. The van der Waals surface area contributed by atoms with Crippen LogP contribution in [0, 0.1) is 0 Å². The van der Waals surface area contributed by atoms with Crippen LogP contribution in [-0.4, -0.2) is 13.4 Å². The van der Waals surface area contributed by atoms with Crippen molar-refractivity contribution in [2.24, 2.45) is 0 Å². The molecule has 0 atom stereocenters. The number of ether oxygens (including phenoxy) is 1. The number of furan rings is 1. The molecule has 9 heavy (non-hydrogen) atoms. The fraction of sp³-hybridized carbons (Fsp3) is 0.167. The van der Waals surface area contributed by atoms with E-state index in [1.54, 1.807) is 0 Å². The summed E-state index contributed by atoms with van der Waals surface area (Å²) in [5, 5.41) is 0. The van der Waals surface area contributed by atoms with Gasteiger partial charge in [-0.05, 0) is 0 Å². The normalized spacial score (nSPS) is 9.00. The minimum atomic E-state index is 0.442. The Labute approximate surface area is 52.2 Å². The van der Waals surface area contributed by atoms with E-state index in [0.29, 0.717) is 17.6 Å². The summed E-state index contributed by atoms with van der Waals surface area (Å²) in [6.07, 6.45) is 3.40. The van der Waals surface area contributed by atoms with E-state index in [-0.39, 0.29) is 0 Å². The minimum absolute atomic E-state index is 0.442. The van der Waals surface area contributed by atoms with Gasteiger partial charge in [0, 0.05) is 0 Å². The van der Waals surface area contributed by atoms with Crippen molar-refractivity contribution in [3.8, 4) is 5.75 Å². The Morgan fingerprint density at radius 2 is 2.44 bits per heavy atom. The highest BCUT2D eigenvalue weighted by Crippen LogP contribution is 2.15.